The lowest BCUT2D eigenvalue weighted by Crippen LogP contribution is -2.40. The quantitative estimate of drug-likeness (QED) is 0.636. The Labute approximate surface area is 147 Å². The van der Waals surface area contributed by atoms with Crippen LogP contribution < -0.4 is 10.6 Å². The molecule has 0 radical (unpaired) electrons. The summed E-state index contributed by atoms with van der Waals surface area (Å²) in [6.07, 6.45) is 7.20. The second kappa shape index (κ2) is 8.14. The Morgan fingerprint density at radius 3 is 2.44 bits per heavy atom. The lowest BCUT2D eigenvalue weighted by Gasteiger charge is -2.17. The first kappa shape index (κ1) is 17.5. The molecule has 2 N–H and O–H groups in total. The van der Waals surface area contributed by atoms with E-state index in [9.17, 15) is 14.0 Å². The molecule has 5 nitrogen and oxygen atoms in total. The molecule has 1 aromatic rings. The van der Waals surface area contributed by atoms with Crippen LogP contribution in [-0.4, -0.2) is 43.0 Å². The van der Waals surface area contributed by atoms with Gasteiger partial charge in [0.25, 0.3) is 5.91 Å². The number of carbonyl (C=O) groups excluding carboxylic acids is 2. The van der Waals surface area contributed by atoms with Crippen LogP contribution in [0.3, 0.4) is 0 Å². The van der Waals surface area contributed by atoms with Crippen LogP contribution in [0.2, 0.25) is 0 Å². The summed E-state index contributed by atoms with van der Waals surface area (Å²) < 4.78 is 13.1. The van der Waals surface area contributed by atoms with Gasteiger partial charge < -0.3 is 15.5 Å². The number of likely N-dealkylation sites (tertiary alicyclic amines) is 1. The van der Waals surface area contributed by atoms with Gasteiger partial charge in [-0.05, 0) is 49.3 Å². The maximum atomic E-state index is 13.1. The summed E-state index contributed by atoms with van der Waals surface area (Å²) in [5, 5.41) is 5.64. The van der Waals surface area contributed by atoms with Crippen LogP contribution in [0.15, 0.2) is 36.4 Å². The molecule has 1 aromatic carbocycles. The van der Waals surface area contributed by atoms with Crippen molar-refractivity contribution in [3.63, 3.8) is 0 Å². The van der Waals surface area contributed by atoms with Crippen molar-refractivity contribution in [1.29, 1.82) is 0 Å². The van der Waals surface area contributed by atoms with Crippen molar-refractivity contribution in [2.24, 2.45) is 11.8 Å². The summed E-state index contributed by atoms with van der Waals surface area (Å²) in [4.78, 5) is 26.0. The summed E-state index contributed by atoms with van der Waals surface area (Å²) >= 11 is 0. The normalized spacial score (nSPS) is 21.7. The van der Waals surface area contributed by atoms with Crippen LogP contribution in [0.1, 0.15) is 29.6 Å². The van der Waals surface area contributed by atoms with E-state index in [-0.39, 0.29) is 11.9 Å². The zero-order chi connectivity index (χ0) is 17.6. The zero-order valence-electron chi connectivity index (χ0n) is 14.2. The van der Waals surface area contributed by atoms with Gasteiger partial charge in [-0.25, -0.2) is 9.18 Å². The van der Waals surface area contributed by atoms with Crippen molar-refractivity contribution in [2.45, 2.75) is 19.3 Å². The fourth-order valence-corrected chi connectivity index (χ4v) is 3.51. The molecule has 25 heavy (non-hydrogen) atoms. The van der Waals surface area contributed by atoms with Gasteiger partial charge >= 0.3 is 6.03 Å². The second-order valence-electron chi connectivity index (χ2n) is 6.72. The van der Waals surface area contributed by atoms with Crippen LogP contribution in [0, 0.1) is 17.7 Å². The Kier molecular flexibility index (Phi) is 5.68. The smallest absolute Gasteiger partial charge is 0.317 e. The maximum Gasteiger partial charge on any atom is 0.317 e. The van der Waals surface area contributed by atoms with Gasteiger partial charge in [0, 0.05) is 31.7 Å². The monoisotopic (exact) mass is 345 g/mol. The van der Waals surface area contributed by atoms with Crippen LogP contribution in [0.5, 0.6) is 0 Å². The molecule has 0 saturated carbocycles. The molecule has 2 atom stereocenters. The van der Waals surface area contributed by atoms with Crippen molar-refractivity contribution >= 4 is 11.9 Å². The Hall–Kier alpha value is -2.37. The lowest BCUT2D eigenvalue weighted by molar-refractivity contribution is 0.0953. The van der Waals surface area contributed by atoms with Crippen LogP contribution in [0.25, 0.3) is 0 Å². The molecular weight excluding hydrogens is 321 g/mol. The molecule has 3 amide bonds. The first-order valence-electron chi connectivity index (χ1n) is 8.85. The fraction of sp³-hybridized carbons (Fsp3) is 0.474. The van der Waals surface area contributed by atoms with Crippen molar-refractivity contribution in [1.82, 2.24) is 15.5 Å². The van der Waals surface area contributed by atoms with Gasteiger partial charge in [-0.1, -0.05) is 18.2 Å². The topological polar surface area (TPSA) is 61.4 Å². The number of benzene rings is 1. The molecule has 1 heterocycles. The number of fused-ring (bicyclic) bond motifs is 1. The highest BCUT2D eigenvalue weighted by Crippen LogP contribution is 2.32. The van der Waals surface area contributed by atoms with Gasteiger partial charge in [0.15, 0.2) is 0 Å². The van der Waals surface area contributed by atoms with Gasteiger partial charge in [-0.2, -0.15) is 0 Å². The van der Waals surface area contributed by atoms with Crippen molar-refractivity contribution < 1.29 is 14.0 Å². The van der Waals surface area contributed by atoms with E-state index in [1.807, 2.05) is 4.90 Å². The number of halogens is 1. The summed E-state index contributed by atoms with van der Waals surface area (Å²) in [5.41, 5.74) is 0.303. The van der Waals surface area contributed by atoms with Crippen molar-refractivity contribution in [3.8, 4) is 0 Å². The molecule has 3 rings (SSSR count). The summed E-state index contributed by atoms with van der Waals surface area (Å²) in [6.45, 7) is 2.60. The molecule has 0 aromatic heterocycles. The minimum absolute atomic E-state index is 0.0224. The highest BCUT2D eigenvalue weighted by Gasteiger charge is 2.34. The summed E-state index contributed by atoms with van der Waals surface area (Å²) in [5.74, 6) is 0.464. The van der Waals surface area contributed by atoms with Gasteiger partial charge in [-0.3, -0.25) is 4.79 Å². The number of allylic oxidation sites excluding steroid dienone is 2. The van der Waals surface area contributed by atoms with E-state index in [1.165, 1.54) is 18.2 Å². The number of carbonyl (C=O) groups is 2. The van der Waals surface area contributed by atoms with E-state index < -0.39 is 5.82 Å². The molecular formula is C19H24FN3O2. The van der Waals surface area contributed by atoms with E-state index in [2.05, 4.69) is 22.8 Å². The average molecular weight is 345 g/mol. The minimum atomic E-state index is -0.429. The largest absolute Gasteiger partial charge is 0.352 e. The number of urea groups is 1. The number of nitrogens with zero attached hydrogens (tertiary/aromatic N) is 1. The first-order chi connectivity index (χ1) is 12.1. The standard InChI is InChI=1S/C19H24FN3O2/c20-17-8-3-7-14(11-17)18(24)21-9-4-10-22-19(25)23-12-15-5-1-2-6-16(15)13-23/h1-3,7-8,11,15-16H,4-6,9-10,12-13H2,(H,21,24)(H,22,25)/t15-,16-/m0/s1. The third kappa shape index (κ3) is 4.59. The molecule has 0 bridgehead atoms. The van der Waals surface area contributed by atoms with Gasteiger partial charge in [-0.15, -0.1) is 0 Å². The summed E-state index contributed by atoms with van der Waals surface area (Å²) in [7, 11) is 0. The SMILES string of the molecule is O=C(NCCCNC(=O)N1C[C@@H]2CC=CC[C@H]2C1)c1cccc(F)c1. The molecule has 1 saturated heterocycles. The molecule has 1 aliphatic heterocycles. The first-order valence-corrected chi connectivity index (χ1v) is 8.85. The number of hydrogen-bond acceptors (Lipinski definition) is 2. The Morgan fingerprint density at radius 2 is 1.76 bits per heavy atom. The molecule has 1 fully saturated rings. The zero-order valence-corrected chi connectivity index (χ0v) is 14.2. The van der Waals surface area contributed by atoms with Crippen molar-refractivity contribution in [3.05, 3.63) is 47.8 Å². The maximum absolute atomic E-state index is 13.1. The number of hydrogen-bond donors (Lipinski definition) is 2. The van der Waals surface area contributed by atoms with Crippen LogP contribution >= 0.6 is 0 Å². The predicted octanol–water partition coefficient (Wildman–Crippen LogP) is 2.55. The summed E-state index contributed by atoms with van der Waals surface area (Å²) in [6, 6.07) is 5.57. The van der Waals surface area contributed by atoms with E-state index >= 15 is 0 Å². The van der Waals surface area contributed by atoms with E-state index in [1.54, 1.807) is 6.07 Å². The Morgan fingerprint density at radius 1 is 1.08 bits per heavy atom. The van der Waals surface area contributed by atoms with Crippen LogP contribution in [0.4, 0.5) is 9.18 Å². The number of amides is 3. The number of nitrogens with one attached hydrogen (secondary N) is 2. The lowest BCUT2D eigenvalue weighted by atomic mass is 9.86. The third-order valence-corrected chi connectivity index (χ3v) is 4.91. The van der Waals surface area contributed by atoms with Crippen molar-refractivity contribution in [2.75, 3.05) is 26.2 Å². The average Bonchev–Trinajstić information content (AvgIpc) is 3.05. The molecule has 6 heteroatoms. The van der Waals surface area contributed by atoms with Gasteiger partial charge in [0.2, 0.25) is 0 Å². The Balaban J connectivity index is 1.32. The highest BCUT2D eigenvalue weighted by atomic mass is 19.1. The number of rotatable bonds is 5. The molecule has 0 unspecified atom stereocenters. The Bertz CT molecular complexity index is 646. The molecule has 2 aliphatic rings. The van der Waals surface area contributed by atoms with Gasteiger partial charge in [0.05, 0.1) is 0 Å². The second-order valence-corrected chi connectivity index (χ2v) is 6.72. The predicted molar refractivity (Wildman–Crippen MR) is 93.7 cm³/mol. The third-order valence-electron chi connectivity index (χ3n) is 4.91. The van der Waals surface area contributed by atoms with Crippen LogP contribution in [-0.2, 0) is 0 Å². The van der Waals surface area contributed by atoms with E-state index in [4.69, 9.17) is 0 Å². The van der Waals surface area contributed by atoms with E-state index in [0.29, 0.717) is 36.9 Å². The highest BCUT2D eigenvalue weighted by molar-refractivity contribution is 5.94. The molecule has 0 spiro atoms. The minimum Gasteiger partial charge on any atom is -0.352 e. The fourth-order valence-electron chi connectivity index (χ4n) is 3.51. The van der Waals surface area contributed by atoms with Gasteiger partial charge in [0.1, 0.15) is 5.82 Å². The molecule has 1 aliphatic carbocycles. The molecule has 134 valence electrons. The van der Waals surface area contributed by atoms with E-state index in [0.717, 1.165) is 25.9 Å².